The zero-order valence-electron chi connectivity index (χ0n) is 12.7. The van der Waals surface area contributed by atoms with E-state index in [1.807, 2.05) is 18.2 Å². The van der Waals surface area contributed by atoms with Crippen LogP contribution < -0.4 is 14.8 Å². The van der Waals surface area contributed by atoms with Crippen molar-refractivity contribution in [1.82, 2.24) is 0 Å². The fourth-order valence-electron chi connectivity index (χ4n) is 3.05. The normalized spacial score (nSPS) is 16.9. The molecule has 0 aromatic heterocycles. The van der Waals surface area contributed by atoms with Crippen molar-refractivity contribution in [2.45, 2.75) is 12.5 Å². The van der Waals surface area contributed by atoms with Gasteiger partial charge in [-0.05, 0) is 35.9 Å². The molecule has 0 radical (unpaired) electrons. The Kier molecular flexibility index (Phi) is 3.81. The van der Waals surface area contributed by atoms with Gasteiger partial charge in [0.1, 0.15) is 17.5 Å². The Bertz CT molecular complexity index is 699. The highest BCUT2D eigenvalue weighted by Gasteiger charge is 2.29. The molecular formula is C17H20NO4+. The Morgan fingerprint density at radius 2 is 1.77 bits per heavy atom. The highest BCUT2D eigenvalue weighted by molar-refractivity contribution is 5.52. The average molecular weight is 302 g/mol. The summed E-state index contributed by atoms with van der Waals surface area (Å²) < 4.78 is 10.8. The molecule has 116 valence electrons. The predicted molar refractivity (Wildman–Crippen MR) is 81.7 cm³/mol. The van der Waals surface area contributed by atoms with Gasteiger partial charge in [-0.3, -0.25) is 0 Å². The van der Waals surface area contributed by atoms with Crippen LogP contribution in [-0.2, 0) is 6.42 Å². The van der Waals surface area contributed by atoms with E-state index in [2.05, 4.69) is 5.32 Å². The van der Waals surface area contributed by atoms with Crippen molar-refractivity contribution in [3.8, 4) is 23.0 Å². The third-order valence-corrected chi connectivity index (χ3v) is 4.16. The lowest BCUT2D eigenvalue weighted by Gasteiger charge is -2.26. The molecule has 0 bridgehead atoms. The minimum atomic E-state index is -0.0964. The molecule has 0 spiro atoms. The predicted octanol–water partition coefficient (Wildman–Crippen LogP) is 1.32. The number of rotatable bonds is 3. The SMILES string of the molecule is COc1ccc(OC)c([C@@H]2[NH2+]CCc3cc(O)c(O)cc32)c1. The molecule has 4 N–H and O–H groups in total. The van der Waals surface area contributed by atoms with Crippen LogP contribution in [0.3, 0.4) is 0 Å². The van der Waals surface area contributed by atoms with Gasteiger partial charge in [-0.2, -0.15) is 0 Å². The first-order chi connectivity index (χ1) is 10.6. The molecule has 2 aromatic rings. The van der Waals surface area contributed by atoms with Gasteiger partial charge in [0, 0.05) is 12.0 Å². The van der Waals surface area contributed by atoms with E-state index in [4.69, 9.17) is 9.47 Å². The van der Waals surface area contributed by atoms with Gasteiger partial charge in [0.2, 0.25) is 0 Å². The van der Waals surface area contributed by atoms with Crippen molar-refractivity contribution in [2.75, 3.05) is 20.8 Å². The molecule has 0 amide bonds. The third kappa shape index (κ3) is 2.44. The maximum atomic E-state index is 9.85. The summed E-state index contributed by atoms with van der Waals surface area (Å²) in [7, 11) is 3.28. The number of phenolic OH excluding ortho intramolecular Hbond substituents is 2. The first-order valence-corrected chi connectivity index (χ1v) is 7.24. The van der Waals surface area contributed by atoms with E-state index in [9.17, 15) is 10.2 Å². The van der Waals surface area contributed by atoms with Crippen LogP contribution in [0.15, 0.2) is 30.3 Å². The Labute approximate surface area is 129 Å². The molecule has 1 aliphatic rings. The Hall–Kier alpha value is -2.40. The lowest BCUT2D eigenvalue weighted by Crippen LogP contribution is -2.87. The van der Waals surface area contributed by atoms with Crippen LogP contribution in [0.25, 0.3) is 0 Å². The molecule has 5 nitrogen and oxygen atoms in total. The second-order valence-corrected chi connectivity index (χ2v) is 5.40. The Balaban J connectivity index is 2.13. The number of nitrogens with two attached hydrogens (primary N) is 1. The van der Waals surface area contributed by atoms with Crippen LogP contribution in [0.2, 0.25) is 0 Å². The standard InChI is InChI=1S/C17H19NO4/c1-21-11-3-4-16(22-2)13(8-11)17-12-9-15(20)14(19)7-10(12)5-6-18-17/h3-4,7-9,17-20H,5-6H2,1-2H3/p+1/t17-/m1/s1. The maximum Gasteiger partial charge on any atom is 0.157 e. The first-order valence-electron chi connectivity index (χ1n) is 7.24. The molecule has 0 aliphatic carbocycles. The number of ether oxygens (including phenoxy) is 2. The second-order valence-electron chi connectivity index (χ2n) is 5.40. The largest absolute Gasteiger partial charge is 0.504 e. The number of phenols is 2. The number of hydrogen-bond donors (Lipinski definition) is 3. The van der Waals surface area contributed by atoms with Crippen molar-refractivity contribution >= 4 is 0 Å². The summed E-state index contributed by atoms with van der Waals surface area (Å²) in [4.78, 5) is 0. The number of hydrogen-bond acceptors (Lipinski definition) is 4. The van der Waals surface area contributed by atoms with Gasteiger partial charge >= 0.3 is 0 Å². The lowest BCUT2D eigenvalue weighted by molar-refractivity contribution is -0.690. The van der Waals surface area contributed by atoms with Crippen molar-refractivity contribution in [2.24, 2.45) is 0 Å². The summed E-state index contributed by atoms with van der Waals surface area (Å²) in [6, 6.07) is 9.00. The fraction of sp³-hybridized carbons (Fsp3) is 0.294. The number of aromatic hydroxyl groups is 2. The number of quaternary nitrogens is 1. The number of methoxy groups -OCH3 is 2. The smallest absolute Gasteiger partial charge is 0.157 e. The van der Waals surface area contributed by atoms with E-state index in [0.717, 1.165) is 41.2 Å². The summed E-state index contributed by atoms with van der Waals surface area (Å²) in [5.41, 5.74) is 3.04. The van der Waals surface area contributed by atoms with Crippen molar-refractivity contribution < 1.29 is 25.0 Å². The van der Waals surface area contributed by atoms with Crippen LogP contribution in [0.5, 0.6) is 23.0 Å². The van der Waals surface area contributed by atoms with Crippen LogP contribution in [-0.4, -0.2) is 31.0 Å². The topological polar surface area (TPSA) is 75.5 Å². The fourth-order valence-corrected chi connectivity index (χ4v) is 3.05. The molecule has 1 aliphatic heterocycles. The minimum Gasteiger partial charge on any atom is -0.504 e. The van der Waals surface area contributed by atoms with Gasteiger partial charge in [-0.1, -0.05) is 0 Å². The molecule has 0 fully saturated rings. The second kappa shape index (κ2) is 5.77. The van der Waals surface area contributed by atoms with E-state index in [-0.39, 0.29) is 17.5 Å². The van der Waals surface area contributed by atoms with Gasteiger partial charge in [0.05, 0.1) is 26.3 Å². The van der Waals surface area contributed by atoms with Gasteiger partial charge in [-0.25, -0.2) is 0 Å². The Morgan fingerprint density at radius 1 is 1.00 bits per heavy atom. The van der Waals surface area contributed by atoms with Crippen LogP contribution in [0.1, 0.15) is 22.7 Å². The molecule has 2 aromatic carbocycles. The van der Waals surface area contributed by atoms with Crippen molar-refractivity contribution in [3.63, 3.8) is 0 Å². The molecule has 0 unspecified atom stereocenters. The first kappa shape index (κ1) is 14.5. The van der Waals surface area contributed by atoms with Crippen molar-refractivity contribution in [1.29, 1.82) is 0 Å². The van der Waals surface area contributed by atoms with E-state index in [0.29, 0.717) is 0 Å². The molecule has 0 saturated carbocycles. The molecular weight excluding hydrogens is 282 g/mol. The average Bonchev–Trinajstić information content (AvgIpc) is 2.55. The highest BCUT2D eigenvalue weighted by atomic mass is 16.5. The minimum absolute atomic E-state index is 0.000278. The quantitative estimate of drug-likeness (QED) is 0.748. The van der Waals surface area contributed by atoms with Crippen LogP contribution >= 0.6 is 0 Å². The number of fused-ring (bicyclic) bond motifs is 1. The Morgan fingerprint density at radius 3 is 2.50 bits per heavy atom. The van der Waals surface area contributed by atoms with Crippen LogP contribution in [0, 0.1) is 0 Å². The number of benzene rings is 2. The molecule has 1 atom stereocenters. The summed E-state index contributed by atoms with van der Waals surface area (Å²) in [6.07, 6.45) is 0.853. The van der Waals surface area contributed by atoms with Gasteiger partial charge in [-0.15, -0.1) is 0 Å². The highest BCUT2D eigenvalue weighted by Crippen LogP contribution is 2.37. The molecule has 22 heavy (non-hydrogen) atoms. The lowest BCUT2D eigenvalue weighted by atomic mass is 9.89. The zero-order valence-corrected chi connectivity index (χ0v) is 12.7. The summed E-state index contributed by atoms with van der Waals surface area (Å²) >= 11 is 0. The van der Waals surface area contributed by atoms with Gasteiger partial charge < -0.3 is 25.0 Å². The summed E-state index contributed by atoms with van der Waals surface area (Å²) in [6.45, 7) is 0.905. The molecule has 1 heterocycles. The van der Waals surface area contributed by atoms with E-state index in [1.165, 1.54) is 0 Å². The summed E-state index contributed by atoms with van der Waals surface area (Å²) in [5, 5.41) is 21.8. The van der Waals surface area contributed by atoms with E-state index < -0.39 is 0 Å². The van der Waals surface area contributed by atoms with E-state index in [1.54, 1.807) is 26.4 Å². The molecule has 0 saturated heterocycles. The maximum absolute atomic E-state index is 9.85. The monoisotopic (exact) mass is 302 g/mol. The summed E-state index contributed by atoms with van der Waals surface area (Å²) in [5.74, 6) is 1.37. The van der Waals surface area contributed by atoms with Gasteiger partial charge in [0.15, 0.2) is 11.5 Å². The molecule has 5 heteroatoms. The van der Waals surface area contributed by atoms with Crippen molar-refractivity contribution in [3.05, 3.63) is 47.0 Å². The zero-order chi connectivity index (χ0) is 15.7. The third-order valence-electron chi connectivity index (χ3n) is 4.16. The van der Waals surface area contributed by atoms with Crippen LogP contribution in [0.4, 0.5) is 0 Å². The van der Waals surface area contributed by atoms with E-state index >= 15 is 0 Å². The van der Waals surface area contributed by atoms with Gasteiger partial charge in [0.25, 0.3) is 0 Å². The molecule has 3 rings (SSSR count).